The van der Waals surface area contributed by atoms with Crippen molar-refractivity contribution in [2.45, 2.75) is 83.8 Å². The summed E-state index contributed by atoms with van der Waals surface area (Å²) in [5.41, 5.74) is 2.40. The molecule has 0 unspecified atom stereocenters. The molecule has 0 saturated carbocycles. The Bertz CT molecular complexity index is 1210. The predicted molar refractivity (Wildman–Crippen MR) is 144 cm³/mol. The van der Waals surface area contributed by atoms with E-state index in [0.29, 0.717) is 60.3 Å². The van der Waals surface area contributed by atoms with Crippen molar-refractivity contribution in [1.29, 1.82) is 0 Å². The van der Waals surface area contributed by atoms with Crippen LogP contribution in [0.15, 0.2) is 36.4 Å². The van der Waals surface area contributed by atoms with Gasteiger partial charge < -0.3 is 18.9 Å². The molecule has 0 spiro atoms. The Balaban J connectivity index is 1.80. The van der Waals surface area contributed by atoms with E-state index in [0.717, 1.165) is 17.7 Å². The normalized spacial score (nSPS) is 21.4. The minimum Gasteiger partial charge on any atom is -0.495 e. The fourth-order valence-electron chi connectivity index (χ4n) is 5.05. The lowest BCUT2D eigenvalue weighted by atomic mass is 9.83. The van der Waals surface area contributed by atoms with Crippen LogP contribution in [0.2, 0.25) is 0 Å². The fraction of sp³-hybridized carbons (Fsp3) is 0.452. The Hall–Kier alpha value is -3.61. The van der Waals surface area contributed by atoms with E-state index >= 15 is 0 Å². The highest BCUT2D eigenvalue weighted by atomic mass is 16.5. The highest BCUT2D eigenvalue weighted by Crippen LogP contribution is 2.47. The Morgan fingerprint density at radius 2 is 1.76 bits per heavy atom. The molecule has 2 atom stereocenters. The van der Waals surface area contributed by atoms with Crippen LogP contribution in [0.25, 0.3) is 6.08 Å². The lowest BCUT2D eigenvalue weighted by Gasteiger charge is -2.29. The quantitative estimate of drug-likeness (QED) is 0.340. The van der Waals surface area contributed by atoms with Gasteiger partial charge in [-0.1, -0.05) is 24.3 Å². The number of allylic oxidation sites excluding steroid dienone is 1. The van der Waals surface area contributed by atoms with Crippen LogP contribution in [-0.4, -0.2) is 37.0 Å². The smallest absolute Gasteiger partial charge is 0.342 e. The van der Waals surface area contributed by atoms with E-state index in [2.05, 4.69) is 0 Å². The van der Waals surface area contributed by atoms with Crippen LogP contribution >= 0.6 is 0 Å². The van der Waals surface area contributed by atoms with E-state index in [1.807, 2.05) is 57.2 Å². The van der Waals surface area contributed by atoms with Gasteiger partial charge in [-0.25, -0.2) is 4.79 Å². The summed E-state index contributed by atoms with van der Waals surface area (Å²) >= 11 is 0. The van der Waals surface area contributed by atoms with E-state index < -0.39 is 5.97 Å². The van der Waals surface area contributed by atoms with Gasteiger partial charge in [0.05, 0.1) is 25.7 Å². The van der Waals surface area contributed by atoms with E-state index in [9.17, 15) is 14.4 Å². The fourth-order valence-corrected chi connectivity index (χ4v) is 5.05. The molecule has 4 rings (SSSR count). The third-order valence-electron chi connectivity index (χ3n) is 6.82. The maximum Gasteiger partial charge on any atom is 0.342 e. The standard InChI is InChI=1S/C31H36O7/c1-19(2)36-24-15-13-21(14-16-24)25-18-27(33)38-26-17-22-10-6-5-7-11-23(32)12-8-9-20(3)37-31(34)28(22)30(35-4)29(25)26/h6,10,13-17,19-20,25H,5,7-9,11-12,18H2,1-4H3/b10-6+/t20-,25+/m0/s1. The number of ketones is 1. The number of benzene rings is 2. The van der Waals surface area contributed by atoms with Crippen LogP contribution in [0.5, 0.6) is 17.2 Å². The number of ether oxygens (including phenoxy) is 4. The molecule has 0 radical (unpaired) electrons. The van der Waals surface area contributed by atoms with Gasteiger partial charge in [-0.15, -0.1) is 0 Å². The van der Waals surface area contributed by atoms with E-state index in [-0.39, 0.29) is 36.3 Å². The molecule has 2 aliphatic heterocycles. The molecule has 0 fully saturated rings. The van der Waals surface area contributed by atoms with Crippen molar-refractivity contribution in [3.63, 3.8) is 0 Å². The molecule has 0 bridgehead atoms. The molecule has 2 heterocycles. The zero-order chi connectivity index (χ0) is 27.2. The Morgan fingerprint density at radius 3 is 2.47 bits per heavy atom. The second-order valence-corrected chi connectivity index (χ2v) is 10.2. The maximum absolute atomic E-state index is 13.5. The van der Waals surface area contributed by atoms with Gasteiger partial charge in [0.2, 0.25) is 0 Å². The van der Waals surface area contributed by atoms with Gasteiger partial charge in [-0.3, -0.25) is 9.59 Å². The van der Waals surface area contributed by atoms with Crippen molar-refractivity contribution in [3.8, 4) is 17.2 Å². The zero-order valence-electron chi connectivity index (χ0n) is 22.6. The van der Waals surface area contributed by atoms with Gasteiger partial charge in [0.25, 0.3) is 0 Å². The first-order chi connectivity index (χ1) is 18.3. The van der Waals surface area contributed by atoms with Crippen molar-refractivity contribution in [1.82, 2.24) is 0 Å². The summed E-state index contributed by atoms with van der Waals surface area (Å²) in [7, 11) is 1.51. The summed E-state index contributed by atoms with van der Waals surface area (Å²) in [6, 6.07) is 9.33. The Labute approximate surface area is 224 Å². The molecule has 38 heavy (non-hydrogen) atoms. The zero-order valence-corrected chi connectivity index (χ0v) is 22.6. The second-order valence-electron chi connectivity index (χ2n) is 10.2. The molecule has 0 aliphatic carbocycles. The molecule has 7 nitrogen and oxygen atoms in total. The molecule has 0 aromatic heterocycles. The number of hydrogen-bond acceptors (Lipinski definition) is 7. The van der Waals surface area contributed by atoms with Gasteiger partial charge in [0.15, 0.2) is 0 Å². The summed E-state index contributed by atoms with van der Waals surface area (Å²) in [5, 5.41) is 0. The van der Waals surface area contributed by atoms with Crippen molar-refractivity contribution >= 4 is 23.8 Å². The average molecular weight is 521 g/mol. The lowest BCUT2D eigenvalue weighted by Crippen LogP contribution is -2.24. The van der Waals surface area contributed by atoms with Gasteiger partial charge >= 0.3 is 11.9 Å². The number of methoxy groups -OCH3 is 1. The van der Waals surface area contributed by atoms with Crippen LogP contribution in [0.4, 0.5) is 0 Å². The van der Waals surface area contributed by atoms with E-state index in [1.54, 1.807) is 6.07 Å². The third-order valence-corrected chi connectivity index (χ3v) is 6.82. The summed E-state index contributed by atoms with van der Waals surface area (Å²) in [6.45, 7) is 5.76. The number of rotatable bonds is 4. The first-order valence-corrected chi connectivity index (χ1v) is 13.4. The molecule has 2 aliphatic rings. The molecule has 7 heteroatoms. The van der Waals surface area contributed by atoms with Crippen molar-refractivity contribution in [3.05, 3.63) is 58.7 Å². The Kier molecular flexibility index (Phi) is 8.87. The number of fused-ring (bicyclic) bond motifs is 2. The molecule has 2 aromatic carbocycles. The summed E-state index contributed by atoms with van der Waals surface area (Å²) in [6.07, 6.45) is 7.25. The number of hydrogen-bond donors (Lipinski definition) is 0. The first kappa shape index (κ1) is 27.4. The number of cyclic esters (lactones) is 1. The largest absolute Gasteiger partial charge is 0.495 e. The molecule has 0 saturated heterocycles. The topological polar surface area (TPSA) is 88.1 Å². The van der Waals surface area contributed by atoms with Crippen LogP contribution in [0.1, 0.15) is 98.7 Å². The first-order valence-electron chi connectivity index (χ1n) is 13.4. The molecule has 0 amide bonds. The molecular weight excluding hydrogens is 484 g/mol. The number of carbonyl (C=O) groups excluding carboxylic acids is 3. The summed E-state index contributed by atoms with van der Waals surface area (Å²) in [4.78, 5) is 38.3. The monoisotopic (exact) mass is 520 g/mol. The highest BCUT2D eigenvalue weighted by Gasteiger charge is 2.36. The molecule has 202 valence electrons. The highest BCUT2D eigenvalue weighted by molar-refractivity contribution is 5.99. The van der Waals surface area contributed by atoms with Crippen molar-refractivity contribution in [2.24, 2.45) is 0 Å². The summed E-state index contributed by atoms with van der Waals surface area (Å²) < 4.78 is 23.1. The number of esters is 2. The molecular formula is C31H36O7. The van der Waals surface area contributed by atoms with Crippen LogP contribution in [0.3, 0.4) is 0 Å². The van der Waals surface area contributed by atoms with Crippen LogP contribution in [-0.2, 0) is 14.3 Å². The maximum atomic E-state index is 13.5. The van der Waals surface area contributed by atoms with Crippen molar-refractivity contribution < 1.29 is 33.3 Å². The van der Waals surface area contributed by atoms with E-state index in [1.165, 1.54) is 7.11 Å². The minimum absolute atomic E-state index is 0.0447. The van der Waals surface area contributed by atoms with Gasteiger partial charge in [0.1, 0.15) is 28.6 Å². The molecule has 2 aromatic rings. The SMILES string of the molecule is COc1c2c(cc3c1[C@@H](c1ccc(OC(C)C)cc1)CC(=O)O3)/C=C/CCCC(=O)CCC[C@H](C)OC2=O. The number of carbonyl (C=O) groups is 3. The van der Waals surface area contributed by atoms with Gasteiger partial charge in [0, 0.05) is 24.3 Å². The van der Waals surface area contributed by atoms with Gasteiger partial charge in [-0.05, 0) is 75.8 Å². The second kappa shape index (κ2) is 12.3. The number of Topliss-reactive ketones (excluding diaryl/α,β-unsaturated/α-hetero) is 1. The van der Waals surface area contributed by atoms with Crippen LogP contribution < -0.4 is 14.2 Å². The van der Waals surface area contributed by atoms with Crippen molar-refractivity contribution in [2.75, 3.05) is 7.11 Å². The van der Waals surface area contributed by atoms with E-state index in [4.69, 9.17) is 18.9 Å². The Morgan fingerprint density at radius 1 is 1.03 bits per heavy atom. The van der Waals surface area contributed by atoms with Crippen LogP contribution in [0, 0.1) is 0 Å². The summed E-state index contributed by atoms with van der Waals surface area (Å²) in [5.74, 6) is 0.457. The molecule has 0 N–H and O–H groups in total. The van der Waals surface area contributed by atoms with Gasteiger partial charge in [-0.2, -0.15) is 0 Å². The third kappa shape index (κ3) is 6.44. The minimum atomic E-state index is -0.503. The average Bonchev–Trinajstić information content (AvgIpc) is 2.86. The lowest BCUT2D eigenvalue weighted by molar-refractivity contribution is -0.135. The predicted octanol–water partition coefficient (Wildman–Crippen LogP) is 6.41.